The van der Waals surface area contributed by atoms with Crippen molar-refractivity contribution in [2.75, 3.05) is 6.61 Å². The van der Waals surface area contributed by atoms with E-state index in [1.54, 1.807) is 0 Å². The number of aliphatic hydroxyl groups is 1. The number of benzene rings is 2. The zero-order valence-corrected chi connectivity index (χ0v) is 10.3. The lowest BCUT2D eigenvalue weighted by Crippen LogP contribution is -2.07. The van der Waals surface area contributed by atoms with Gasteiger partial charge in [0.15, 0.2) is 0 Å². The number of rotatable bonds is 4. The van der Waals surface area contributed by atoms with Gasteiger partial charge in [0.25, 0.3) is 0 Å². The highest BCUT2D eigenvalue weighted by molar-refractivity contribution is 6.30. The highest BCUT2D eigenvalue weighted by atomic mass is 35.5. The fourth-order valence-corrected chi connectivity index (χ4v) is 2.05. The first-order valence-corrected chi connectivity index (χ1v) is 6.07. The van der Waals surface area contributed by atoms with Gasteiger partial charge >= 0.3 is 0 Å². The van der Waals surface area contributed by atoms with Crippen LogP contribution in [-0.2, 0) is 6.42 Å². The van der Waals surface area contributed by atoms with E-state index < -0.39 is 0 Å². The Morgan fingerprint density at radius 2 is 1.59 bits per heavy atom. The van der Waals surface area contributed by atoms with Gasteiger partial charge in [0.1, 0.15) is 0 Å². The van der Waals surface area contributed by atoms with E-state index in [4.69, 9.17) is 11.6 Å². The molecule has 2 heteroatoms. The maximum absolute atomic E-state index is 9.48. The van der Waals surface area contributed by atoms with Crippen molar-refractivity contribution in [1.29, 1.82) is 0 Å². The maximum atomic E-state index is 9.48. The summed E-state index contributed by atoms with van der Waals surface area (Å²) in [6.07, 6.45) is 0.846. The third kappa shape index (κ3) is 3.32. The number of hydrogen-bond donors (Lipinski definition) is 1. The Labute approximate surface area is 107 Å². The molecule has 0 aliphatic carbocycles. The Hall–Kier alpha value is -1.31. The highest BCUT2D eigenvalue weighted by Gasteiger charge is 2.10. The summed E-state index contributed by atoms with van der Waals surface area (Å²) in [5.74, 6) is 0.134. The molecule has 2 rings (SSSR count). The molecule has 1 atom stereocenters. The lowest BCUT2D eigenvalue weighted by Gasteiger charge is -2.14. The Morgan fingerprint density at radius 3 is 2.18 bits per heavy atom. The molecule has 0 fully saturated rings. The average Bonchev–Trinajstić information content (AvgIpc) is 2.38. The van der Waals surface area contributed by atoms with Crippen molar-refractivity contribution in [2.45, 2.75) is 12.3 Å². The lowest BCUT2D eigenvalue weighted by atomic mass is 9.93. The van der Waals surface area contributed by atoms with Crippen molar-refractivity contribution >= 4 is 11.6 Å². The summed E-state index contributed by atoms with van der Waals surface area (Å²) in [7, 11) is 0. The van der Waals surface area contributed by atoms with Crippen LogP contribution in [0, 0.1) is 0 Å². The first kappa shape index (κ1) is 12.2. The summed E-state index contributed by atoms with van der Waals surface area (Å²) in [5, 5.41) is 10.2. The van der Waals surface area contributed by atoms with Gasteiger partial charge in [-0.2, -0.15) is 0 Å². The molecule has 2 aromatic carbocycles. The summed E-state index contributed by atoms with van der Waals surface area (Å²) >= 11 is 5.86. The first-order chi connectivity index (χ1) is 8.29. The molecular formula is C15H15ClO. The fraction of sp³-hybridized carbons (Fsp3) is 0.200. The van der Waals surface area contributed by atoms with Crippen LogP contribution in [0.25, 0.3) is 0 Å². The number of halogens is 1. The second-order valence-corrected chi connectivity index (χ2v) is 4.56. The van der Waals surface area contributed by atoms with Gasteiger partial charge in [-0.15, -0.1) is 0 Å². The van der Waals surface area contributed by atoms with Crippen LogP contribution >= 0.6 is 11.6 Å². The molecule has 0 aliphatic rings. The van der Waals surface area contributed by atoms with Crippen LogP contribution in [0.5, 0.6) is 0 Å². The molecule has 0 spiro atoms. The summed E-state index contributed by atoms with van der Waals surface area (Å²) in [5.41, 5.74) is 2.36. The van der Waals surface area contributed by atoms with Crippen molar-refractivity contribution in [2.24, 2.45) is 0 Å². The fourth-order valence-electron chi connectivity index (χ4n) is 1.92. The van der Waals surface area contributed by atoms with E-state index >= 15 is 0 Å². The van der Waals surface area contributed by atoms with Crippen molar-refractivity contribution in [1.82, 2.24) is 0 Å². The largest absolute Gasteiger partial charge is 0.396 e. The lowest BCUT2D eigenvalue weighted by molar-refractivity contribution is 0.264. The van der Waals surface area contributed by atoms with E-state index in [9.17, 15) is 5.11 Å². The quantitative estimate of drug-likeness (QED) is 0.873. The number of hydrogen-bond acceptors (Lipinski definition) is 1. The van der Waals surface area contributed by atoms with Gasteiger partial charge in [-0.05, 0) is 29.7 Å². The predicted molar refractivity (Wildman–Crippen MR) is 71.4 cm³/mol. The van der Waals surface area contributed by atoms with Crippen molar-refractivity contribution in [3.8, 4) is 0 Å². The summed E-state index contributed by atoms with van der Waals surface area (Å²) in [6, 6.07) is 17.9. The van der Waals surface area contributed by atoms with Gasteiger partial charge in [0.05, 0.1) is 6.61 Å². The Morgan fingerprint density at radius 1 is 0.941 bits per heavy atom. The third-order valence-corrected chi connectivity index (χ3v) is 3.14. The Bertz CT molecular complexity index is 450. The van der Waals surface area contributed by atoms with Crippen LogP contribution in [0.4, 0.5) is 0 Å². The van der Waals surface area contributed by atoms with Crippen LogP contribution in [0.15, 0.2) is 54.6 Å². The van der Waals surface area contributed by atoms with Gasteiger partial charge < -0.3 is 5.11 Å². The molecule has 1 unspecified atom stereocenters. The molecule has 1 N–H and O–H groups in total. The van der Waals surface area contributed by atoms with Crippen LogP contribution in [0.2, 0.25) is 5.02 Å². The molecule has 0 saturated carbocycles. The topological polar surface area (TPSA) is 20.2 Å². The van der Waals surface area contributed by atoms with Gasteiger partial charge in [-0.25, -0.2) is 0 Å². The van der Waals surface area contributed by atoms with E-state index in [0.29, 0.717) is 0 Å². The SMILES string of the molecule is OCC(Cc1ccccc1)c1ccc(Cl)cc1. The first-order valence-electron chi connectivity index (χ1n) is 5.70. The maximum Gasteiger partial charge on any atom is 0.0502 e. The second-order valence-electron chi connectivity index (χ2n) is 4.12. The molecule has 2 aromatic rings. The van der Waals surface area contributed by atoms with Crippen LogP contribution in [0.3, 0.4) is 0 Å². The van der Waals surface area contributed by atoms with Gasteiger partial charge in [0, 0.05) is 10.9 Å². The minimum Gasteiger partial charge on any atom is -0.396 e. The smallest absolute Gasteiger partial charge is 0.0502 e. The van der Waals surface area contributed by atoms with E-state index in [1.165, 1.54) is 5.56 Å². The van der Waals surface area contributed by atoms with E-state index in [2.05, 4.69) is 12.1 Å². The molecule has 0 heterocycles. The van der Waals surface area contributed by atoms with E-state index in [0.717, 1.165) is 17.0 Å². The molecule has 0 aliphatic heterocycles. The summed E-state index contributed by atoms with van der Waals surface area (Å²) in [6.45, 7) is 0.149. The van der Waals surface area contributed by atoms with Crippen LogP contribution < -0.4 is 0 Å². The second kappa shape index (κ2) is 5.85. The number of aliphatic hydroxyl groups excluding tert-OH is 1. The minimum atomic E-state index is 0.134. The Balaban J connectivity index is 2.14. The third-order valence-electron chi connectivity index (χ3n) is 2.89. The Kier molecular flexibility index (Phi) is 4.18. The van der Waals surface area contributed by atoms with Gasteiger partial charge in [0.2, 0.25) is 0 Å². The van der Waals surface area contributed by atoms with Crippen molar-refractivity contribution in [3.05, 3.63) is 70.7 Å². The molecule has 0 aromatic heterocycles. The average molecular weight is 247 g/mol. The van der Waals surface area contributed by atoms with Crippen molar-refractivity contribution < 1.29 is 5.11 Å². The predicted octanol–water partition coefficient (Wildman–Crippen LogP) is 3.66. The van der Waals surface area contributed by atoms with Crippen molar-refractivity contribution in [3.63, 3.8) is 0 Å². The van der Waals surface area contributed by atoms with Gasteiger partial charge in [-0.1, -0.05) is 54.1 Å². The van der Waals surface area contributed by atoms with Crippen LogP contribution in [-0.4, -0.2) is 11.7 Å². The normalized spacial score (nSPS) is 12.4. The summed E-state index contributed by atoms with van der Waals surface area (Å²) in [4.78, 5) is 0. The van der Waals surface area contributed by atoms with E-state index in [-0.39, 0.29) is 12.5 Å². The molecule has 0 amide bonds. The molecule has 0 saturated heterocycles. The minimum absolute atomic E-state index is 0.134. The molecule has 1 nitrogen and oxygen atoms in total. The molecule has 88 valence electrons. The zero-order chi connectivity index (χ0) is 12.1. The van der Waals surface area contributed by atoms with Gasteiger partial charge in [-0.3, -0.25) is 0 Å². The molecule has 0 radical (unpaired) electrons. The molecule has 0 bridgehead atoms. The highest BCUT2D eigenvalue weighted by Crippen LogP contribution is 2.22. The monoisotopic (exact) mass is 246 g/mol. The standard InChI is InChI=1S/C15H15ClO/c16-15-8-6-13(7-9-15)14(11-17)10-12-4-2-1-3-5-12/h1-9,14,17H,10-11H2. The molecular weight excluding hydrogens is 232 g/mol. The van der Waals surface area contributed by atoms with E-state index in [1.807, 2.05) is 42.5 Å². The summed E-state index contributed by atoms with van der Waals surface area (Å²) < 4.78 is 0. The molecule has 17 heavy (non-hydrogen) atoms. The zero-order valence-electron chi connectivity index (χ0n) is 9.51. The van der Waals surface area contributed by atoms with Crippen LogP contribution in [0.1, 0.15) is 17.0 Å².